The summed E-state index contributed by atoms with van der Waals surface area (Å²) in [5.74, 6) is 0.845. The number of rotatable bonds is 6. The first-order chi connectivity index (χ1) is 11.9. The fourth-order valence-electron chi connectivity index (χ4n) is 3.66. The number of amides is 3. The van der Waals surface area contributed by atoms with E-state index in [4.69, 9.17) is 4.74 Å². The third kappa shape index (κ3) is 3.49. The standard InChI is InChI=1S/C19H27N3O3/c1-14(2)22-17(23)19(20-18(22)24)9-11-21(13-19)10-6-12-25-16-8-5-4-7-15(16)3/h4-5,7-8,14H,6,9-13H2,1-3H3,(H,20,24)/t19-/m0/s1. The fourth-order valence-corrected chi connectivity index (χ4v) is 3.66. The smallest absolute Gasteiger partial charge is 0.325 e. The maximum absolute atomic E-state index is 12.7. The maximum atomic E-state index is 12.7. The molecule has 0 aromatic heterocycles. The monoisotopic (exact) mass is 345 g/mol. The van der Waals surface area contributed by atoms with Gasteiger partial charge in [-0.3, -0.25) is 9.69 Å². The van der Waals surface area contributed by atoms with Gasteiger partial charge < -0.3 is 15.0 Å². The number of carbonyl (C=O) groups excluding carboxylic acids is 2. The molecular weight excluding hydrogens is 318 g/mol. The van der Waals surface area contributed by atoms with Crippen molar-refractivity contribution in [1.29, 1.82) is 0 Å². The molecule has 2 aliphatic rings. The Kier molecular flexibility index (Phi) is 4.99. The number of aryl methyl sites for hydroxylation is 1. The van der Waals surface area contributed by atoms with Crippen LogP contribution in [-0.4, -0.2) is 59.6 Å². The van der Waals surface area contributed by atoms with Crippen LogP contribution >= 0.6 is 0 Å². The number of benzene rings is 1. The number of urea groups is 1. The number of para-hydroxylation sites is 1. The topological polar surface area (TPSA) is 61.9 Å². The Balaban J connectivity index is 1.48. The van der Waals surface area contributed by atoms with E-state index in [1.54, 1.807) is 0 Å². The molecule has 6 nitrogen and oxygen atoms in total. The Bertz CT molecular complexity index is 661. The average Bonchev–Trinajstić information content (AvgIpc) is 3.07. The minimum atomic E-state index is -0.724. The number of hydrogen-bond acceptors (Lipinski definition) is 4. The van der Waals surface area contributed by atoms with Crippen LogP contribution in [0.4, 0.5) is 4.79 Å². The van der Waals surface area contributed by atoms with E-state index in [9.17, 15) is 9.59 Å². The molecule has 0 saturated carbocycles. The zero-order chi connectivity index (χ0) is 18.0. The molecule has 2 heterocycles. The third-order valence-corrected chi connectivity index (χ3v) is 5.03. The predicted octanol–water partition coefficient (Wildman–Crippen LogP) is 2.17. The molecule has 0 bridgehead atoms. The molecule has 6 heteroatoms. The van der Waals surface area contributed by atoms with Crippen molar-refractivity contribution in [3.8, 4) is 5.75 Å². The minimum absolute atomic E-state index is 0.0776. The second kappa shape index (κ2) is 7.04. The number of imide groups is 1. The summed E-state index contributed by atoms with van der Waals surface area (Å²) < 4.78 is 5.83. The molecule has 0 unspecified atom stereocenters. The van der Waals surface area contributed by atoms with Gasteiger partial charge in [0.2, 0.25) is 0 Å². The number of ether oxygens (including phenoxy) is 1. The summed E-state index contributed by atoms with van der Waals surface area (Å²) in [6.45, 7) is 8.69. The SMILES string of the molecule is Cc1ccccc1OCCCN1CC[C@@]2(C1)NC(=O)N(C(C)C)C2=O. The predicted molar refractivity (Wildman–Crippen MR) is 95.6 cm³/mol. The number of carbonyl (C=O) groups is 2. The normalized spacial score (nSPS) is 23.8. The molecule has 25 heavy (non-hydrogen) atoms. The van der Waals surface area contributed by atoms with E-state index in [1.165, 1.54) is 4.90 Å². The van der Waals surface area contributed by atoms with E-state index in [0.29, 0.717) is 19.6 Å². The Hall–Kier alpha value is -2.08. The summed E-state index contributed by atoms with van der Waals surface area (Å²) in [5, 5.41) is 2.93. The first-order valence-corrected chi connectivity index (χ1v) is 8.99. The summed E-state index contributed by atoms with van der Waals surface area (Å²) in [5.41, 5.74) is 0.411. The third-order valence-electron chi connectivity index (χ3n) is 5.03. The summed E-state index contributed by atoms with van der Waals surface area (Å²) in [6, 6.07) is 7.62. The van der Waals surface area contributed by atoms with E-state index >= 15 is 0 Å². The lowest BCUT2D eigenvalue weighted by atomic mass is 9.98. The van der Waals surface area contributed by atoms with Gasteiger partial charge in [-0.1, -0.05) is 18.2 Å². The Morgan fingerprint density at radius 1 is 1.28 bits per heavy atom. The van der Waals surface area contributed by atoms with Crippen molar-refractivity contribution < 1.29 is 14.3 Å². The van der Waals surface area contributed by atoms with Gasteiger partial charge in [0.25, 0.3) is 5.91 Å². The highest BCUT2D eigenvalue weighted by Gasteiger charge is 2.54. The van der Waals surface area contributed by atoms with Crippen LogP contribution in [0.3, 0.4) is 0 Å². The lowest BCUT2D eigenvalue weighted by Gasteiger charge is -2.23. The van der Waals surface area contributed by atoms with Crippen molar-refractivity contribution >= 4 is 11.9 Å². The molecule has 1 N–H and O–H groups in total. The zero-order valence-corrected chi connectivity index (χ0v) is 15.2. The summed E-state index contributed by atoms with van der Waals surface area (Å²) in [4.78, 5) is 28.4. The Morgan fingerprint density at radius 2 is 2.04 bits per heavy atom. The largest absolute Gasteiger partial charge is 0.493 e. The Morgan fingerprint density at radius 3 is 2.72 bits per heavy atom. The summed E-state index contributed by atoms with van der Waals surface area (Å²) >= 11 is 0. The quantitative estimate of drug-likeness (QED) is 0.634. The second-order valence-electron chi connectivity index (χ2n) is 7.27. The first kappa shape index (κ1) is 17.7. The van der Waals surface area contributed by atoms with Gasteiger partial charge in [0.15, 0.2) is 0 Å². The van der Waals surface area contributed by atoms with Crippen LogP contribution in [-0.2, 0) is 4.79 Å². The average molecular weight is 345 g/mol. The van der Waals surface area contributed by atoms with Crippen LogP contribution in [0.25, 0.3) is 0 Å². The molecule has 1 aromatic rings. The van der Waals surface area contributed by atoms with Crippen LogP contribution < -0.4 is 10.1 Å². The van der Waals surface area contributed by atoms with Crippen LogP contribution in [0, 0.1) is 6.92 Å². The van der Waals surface area contributed by atoms with Crippen molar-refractivity contribution in [2.24, 2.45) is 0 Å². The first-order valence-electron chi connectivity index (χ1n) is 8.99. The van der Waals surface area contributed by atoms with Crippen molar-refractivity contribution in [3.05, 3.63) is 29.8 Å². The van der Waals surface area contributed by atoms with Crippen molar-refractivity contribution in [1.82, 2.24) is 15.1 Å². The van der Waals surface area contributed by atoms with E-state index in [1.807, 2.05) is 45.0 Å². The molecule has 0 radical (unpaired) electrons. The lowest BCUT2D eigenvalue weighted by Crippen LogP contribution is -2.49. The van der Waals surface area contributed by atoms with Gasteiger partial charge >= 0.3 is 6.03 Å². The van der Waals surface area contributed by atoms with Crippen LogP contribution in [0.2, 0.25) is 0 Å². The van der Waals surface area contributed by atoms with E-state index in [-0.39, 0.29) is 18.0 Å². The highest BCUT2D eigenvalue weighted by molar-refractivity contribution is 6.07. The molecule has 3 rings (SSSR count). The van der Waals surface area contributed by atoms with Gasteiger partial charge in [-0.15, -0.1) is 0 Å². The minimum Gasteiger partial charge on any atom is -0.493 e. The lowest BCUT2D eigenvalue weighted by molar-refractivity contribution is -0.132. The second-order valence-corrected chi connectivity index (χ2v) is 7.27. The molecule has 1 aromatic carbocycles. The number of hydrogen-bond donors (Lipinski definition) is 1. The van der Waals surface area contributed by atoms with Gasteiger partial charge in [-0.2, -0.15) is 0 Å². The molecule has 1 atom stereocenters. The molecule has 2 fully saturated rings. The molecule has 3 amide bonds. The van der Waals surface area contributed by atoms with Gasteiger partial charge in [-0.05, 0) is 45.2 Å². The molecule has 2 aliphatic heterocycles. The molecule has 2 saturated heterocycles. The highest BCUT2D eigenvalue weighted by atomic mass is 16.5. The Labute approximate surface area is 149 Å². The van der Waals surface area contributed by atoms with E-state index in [0.717, 1.165) is 30.8 Å². The van der Waals surface area contributed by atoms with Crippen LogP contribution in [0.1, 0.15) is 32.3 Å². The van der Waals surface area contributed by atoms with Crippen molar-refractivity contribution in [2.45, 2.75) is 45.2 Å². The highest BCUT2D eigenvalue weighted by Crippen LogP contribution is 2.29. The van der Waals surface area contributed by atoms with Gasteiger partial charge in [0.1, 0.15) is 11.3 Å². The number of likely N-dealkylation sites (tertiary alicyclic amines) is 1. The van der Waals surface area contributed by atoms with E-state index < -0.39 is 5.54 Å². The zero-order valence-electron chi connectivity index (χ0n) is 15.2. The molecular formula is C19H27N3O3. The maximum Gasteiger partial charge on any atom is 0.325 e. The van der Waals surface area contributed by atoms with Crippen molar-refractivity contribution in [3.63, 3.8) is 0 Å². The van der Waals surface area contributed by atoms with Gasteiger partial charge in [-0.25, -0.2) is 4.79 Å². The van der Waals surface area contributed by atoms with E-state index in [2.05, 4.69) is 10.2 Å². The van der Waals surface area contributed by atoms with Crippen LogP contribution in [0.5, 0.6) is 5.75 Å². The summed E-state index contributed by atoms with van der Waals surface area (Å²) in [6.07, 6.45) is 1.57. The van der Waals surface area contributed by atoms with Crippen molar-refractivity contribution in [2.75, 3.05) is 26.2 Å². The fraction of sp³-hybridized carbons (Fsp3) is 0.579. The molecule has 136 valence electrons. The number of nitrogens with zero attached hydrogens (tertiary/aromatic N) is 2. The number of nitrogens with one attached hydrogen (secondary N) is 1. The summed E-state index contributed by atoms with van der Waals surface area (Å²) in [7, 11) is 0. The molecule has 1 spiro atoms. The van der Waals surface area contributed by atoms with Gasteiger partial charge in [0.05, 0.1) is 6.61 Å². The molecule has 0 aliphatic carbocycles. The van der Waals surface area contributed by atoms with Crippen LogP contribution in [0.15, 0.2) is 24.3 Å². The van der Waals surface area contributed by atoms with Gasteiger partial charge in [0, 0.05) is 25.7 Å².